The topological polar surface area (TPSA) is 60.8 Å². The summed E-state index contributed by atoms with van der Waals surface area (Å²) < 4.78 is 12.8. The normalized spacial score (nSPS) is 12.6. The van der Waals surface area contributed by atoms with Crippen molar-refractivity contribution in [3.63, 3.8) is 0 Å². The van der Waals surface area contributed by atoms with E-state index in [0.29, 0.717) is 11.1 Å². The van der Waals surface area contributed by atoms with Crippen LogP contribution in [0, 0.1) is 13.8 Å². The Labute approximate surface area is 189 Å². The van der Waals surface area contributed by atoms with Crippen molar-refractivity contribution in [1.82, 2.24) is 4.57 Å². The number of methoxy groups -OCH3 is 1. The molecule has 3 rings (SSSR count). The van der Waals surface area contributed by atoms with E-state index in [9.17, 15) is 9.59 Å². The summed E-state index contributed by atoms with van der Waals surface area (Å²) in [4.78, 5) is 28.2. The van der Waals surface area contributed by atoms with Gasteiger partial charge in [0.25, 0.3) is 5.56 Å². The van der Waals surface area contributed by atoms with Crippen molar-refractivity contribution >= 4 is 28.1 Å². The lowest BCUT2D eigenvalue weighted by Crippen LogP contribution is -2.34. The van der Waals surface area contributed by atoms with E-state index in [1.807, 2.05) is 57.0 Å². The number of ether oxygens (including phenoxy) is 2. The summed E-state index contributed by atoms with van der Waals surface area (Å²) in [6.07, 6.45) is -1.08. The molecule has 170 valence electrons. The fraction of sp³-hybridized carbons (Fsp3) is 0.385. The van der Waals surface area contributed by atoms with Crippen LogP contribution in [0.1, 0.15) is 43.7 Å². The van der Waals surface area contributed by atoms with Crippen LogP contribution in [0.2, 0.25) is 0 Å². The number of hydrogen-bond acceptors (Lipinski definition) is 5. The largest absolute Gasteiger partial charge is 0.467 e. The van der Waals surface area contributed by atoms with Gasteiger partial charge < -0.3 is 18.9 Å². The number of carbonyl (C=O) groups is 1. The van der Waals surface area contributed by atoms with Crippen molar-refractivity contribution in [2.75, 3.05) is 19.1 Å². The standard InChI is InChI=1S/C26H32N2O4/c1-16-13-14-18(15-17(16)2)27(6)21-19-11-9-10-12-20(19)24(29)28(7)22(21)23(25(30)31-8)32-26(3,4)5/h9-15,23H,1-8H3. The average Bonchev–Trinajstić information content (AvgIpc) is 2.75. The van der Waals surface area contributed by atoms with Crippen LogP contribution in [0.5, 0.6) is 0 Å². The Kier molecular flexibility index (Phi) is 6.46. The minimum absolute atomic E-state index is 0.195. The lowest BCUT2D eigenvalue weighted by Gasteiger charge is -2.32. The molecule has 0 aliphatic rings. The van der Waals surface area contributed by atoms with Gasteiger partial charge in [0, 0.05) is 30.6 Å². The first-order chi connectivity index (χ1) is 15.0. The number of anilines is 2. The Bertz CT molecular complexity index is 1220. The Morgan fingerprint density at radius 1 is 1.03 bits per heavy atom. The Morgan fingerprint density at radius 3 is 2.22 bits per heavy atom. The molecule has 0 bridgehead atoms. The number of nitrogens with zero attached hydrogens (tertiary/aromatic N) is 2. The molecule has 1 unspecified atom stereocenters. The molecular weight excluding hydrogens is 404 g/mol. The zero-order valence-electron chi connectivity index (χ0n) is 20.1. The number of esters is 1. The van der Waals surface area contributed by atoms with Crippen LogP contribution in [0.4, 0.5) is 11.4 Å². The summed E-state index contributed by atoms with van der Waals surface area (Å²) in [5.74, 6) is -0.556. The van der Waals surface area contributed by atoms with Gasteiger partial charge >= 0.3 is 5.97 Å². The van der Waals surface area contributed by atoms with Crippen molar-refractivity contribution in [3.05, 3.63) is 69.6 Å². The van der Waals surface area contributed by atoms with Gasteiger partial charge in [-0.1, -0.05) is 24.3 Å². The molecule has 3 aromatic rings. The maximum atomic E-state index is 13.3. The van der Waals surface area contributed by atoms with Crippen molar-refractivity contribution in [2.45, 2.75) is 46.3 Å². The summed E-state index contributed by atoms with van der Waals surface area (Å²) in [5, 5.41) is 1.32. The van der Waals surface area contributed by atoms with Gasteiger partial charge in [0.1, 0.15) is 0 Å². The first-order valence-corrected chi connectivity index (χ1v) is 10.6. The molecule has 32 heavy (non-hydrogen) atoms. The molecule has 0 radical (unpaired) electrons. The zero-order chi connectivity index (χ0) is 23.8. The second kappa shape index (κ2) is 8.79. The fourth-order valence-electron chi connectivity index (χ4n) is 3.86. The summed E-state index contributed by atoms with van der Waals surface area (Å²) >= 11 is 0. The second-order valence-electron chi connectivity index (χ2n) is 9.10. The summed E-state index contributed by atoms with van der Waals surface area (Å²) in [6, 6.07) is 13.6. The number of aryl methyl sites for hydroxylation is 2. The van der Waals surface area contributed by atoms with Gasteiger partial charge in [0.05, 0.1) is 24.1 Å². The van der Waals surface area contributed by atoms with E-state index in [1.54, 1.807) is 13.1 Å². The van der Waals surface area contributed by atoms with Gasteiger partial charge in [0.2, 0.25) is 0 Å². The van der Waals surface area contributed by atoms with E-state index in [4.69, 9.17) is 9.47 Å². The van der Waals surface area contributed by atoms with E-state index in [1.165, 1.54) is 17.2 Å². The number of rotatable bonds is 5. The van der Waals surface area contributed by atoms with E-state index < -0.39 is 17.7 Å². The summed E-state index contributed by atoms with van der Waals surface area (Å²) in [5.41, 5.74) is 3.63. The van der Waals surface area contributed by atoms with E-state index in [0.717, 1.165) is 22.3 Å². The SMILES string of the molecule is COC(=O)C(OC(C)(C)C)c1c(N(C)c2ccc(C)c(C)c2)c2ccccc2c(=O)n1C. The van der Waals surface area contributed by atoms with Crippen molar-refractivity contribution < 1.29 is 14.3 Å². The predicted octanol–water partition coefficient (Wildman–Crippen LogP) is 4.95. The van der Waals surface area contributed by atoms with Gasteiger partial charge in [-0.25, -0.2) is 4.79 Å². The van der Waals surface area contributed by atoms with Crippen molar-refractivity contribution in [2.24, 2.45) is 7.05 Å². The summed E-state index contributed by atoms with van der Waals surface area (Å²) in [6.45, 7) is 9.74. The Balaban J connectivity index is 2.41. The third-order valence-corrected chi connectivity index (χ3v) is 5.67. The second-order valence-corrected chi connectivity index (χ2v) is 9.10. The van der Waals surface area contributed by atoms with Crippen LogP contribution >= 0.6 is 0 Å². The number of benzene rings is 2. The lowest BCUT2D eigenvalue weighted by atomic mass is 10.0. The average molecular weight is 437 g/mol. The number of pyridine rings is 1. The fourth-order valence-corrected chi connectivity index (χ4v) is 3.86. The molecule has 0 saturated carbocycles. The smallest absolute Gasteiger partial charge is 0.341 e. The third-order valence-electron chi connectivity index (χ3n) is 5.67. The van der Waals surface area contributed by atoms with Crippen molar-refractivity contribution in [1.29, 1.82) is 0 Å². The zero-order valence-corrected chi connectivity index (χ0v) is 20.1. The minimum atomic E-state index is -1.08. The number of carbonyl (C=O) groups excluding carboxylic acids is 1. The van der Waals surface area contributed by atoms with Crippen LogP contribution in [0.3, 0.4) is 0 Å². The Morgan fingerprint density at radius 2 is 1.66 bits per heavy atom. The molecule has 0 spiro atoms. The Hall–Kier alpha value is -3.12. The molecule has 0 aliphatic heterocycles. The first kappa shape index (κ1) is 23.5. The molecule has 0 saturated heterocycles. The van der Waals surface area contributed by atoms with Gasteiger partial charge in [-0.3, -0.25) is 4.79 Å². The maximum Gasteiger partial charge on any atom is 0.341 e. The highest BCUT2D eigenvalue weighted by Gasteiger charge is 2.34. The van der Waals surface area contributed by atoms with Crippen LogP contribution in [-0.2, 0) is 21.3 Å². The van der Waals surface area contributed by atoms with E-state index in [-0.39, 0.29) is 5.56 Å². The van der Waals surface area contributed by atoms with Crippen molar-refractivity contribution in [3.8, 4) is 0 Å². The molecule has 6 heteroatoms. The highest BCUT2D eigenvalue weighted by atomic mass is 16.6. The highest BCUT2D eigenvalue weighted by molar-refractivity contribution is 5.98. The van der Waals surface area contributed by atoms with Gasteiger partial charge in [-0.05, 0) is 63.9 Å². The first-order valence-electron chi connectivity index (χ1n) is 10.6. The monoisotopic (exact) mass is 436 g/mol. The quantitative estimate of drug-likeness (QED) is 0.530. The molecule has 6 nitrogen and oxygen atoms in total. The van der Waals surface area contributed by atoms with E-state index >= 15 is 0 Å². The predicted molar refractivity (Wildman–Crippen MR) is 129 cm³/mol. The van der Waals surface area contributed by atoms with Gasteiger partial charge in [0.15, 0.2) is 6.10 Å². The van der Waals surface area contributed by atoms with Gasteiger partial charge in [-0.15, -0.1) is 0 Å². The molecule has 1 aromatic heterocycles. The molecule has 0 aliphatic carbocycles. The van der Waals surface area contributed by atoms with Crippen LogP contribution in [-0.4, -0.2) is 30.3 Å². The molecular formula is C26H32N2O4. The molecule has 1 heterocycles. The molecule has 0 fully saturated rings. The highest BCUT2D eigenvalue weighted by Crippen LogP contribution is 2.39. The maximum absolute atomic E-state index is 13.3. The van der Waals surface area contributed by atoms with Crippen LogP contribution in [0.25, 0.3) is 10.8 Å². The lowest BCUT2D eigenvalue weighted by molar-refractivity contribution is -0.165. The minimum Gasteiger partial charge on any atom is -0.467 e. The van der Waals surface area contributed by atoms with Gasteiger partial charge in [-0.2, -0.15) is 0 Å². The molecule has 1 atom stereocenters. The molecule has 0 N–H and O–H groups in total. The summed E-state index contributed by atoms with van der Waals surface area (Å²) in [7, 11) is 4.93. The van der Waals surface area contributed by atoms with E-state index in [2.05, 4.69) is 26.0 Å². The van der Waals surface area contributed by atoms with Crippen LogP contribution < -0.4 is 10.5 Å². The number of hydrogen-bond donors (Lipinski definition) is 0. The van der Waals surface area contributed by atoms with Crippen LogP contribution in [0.15, 0.2) is 47.3 Å². The molecule has 2 aromatic carbocycles. The number of aromatic nitrogens is 1. The third kappa shape index (κ3) is 4.41. The molecule has 0 amide bonds. The number of fused-ring (bicyclic) bond motifs is 1.